The first-order valence-electron chi connectivity index (χ1n) is 16.0. The molecule has 0 aliphatic rings. The third kappa shape index (κ3) is 68.6. The molecular formula is C32H63ClN2O8. The largest absolute Gasteiger partial charge is 0.481 e. The van der Waals surface area contributed by atoms with Crippen LogP contribution in [-0.2, 0) is 23.9 Å². The fourth-order valence-electron chi connectivity index (χ4n) is 3.50. The average Bonchev–Trinajstić information content (AvgIpc) is 2.87. The molecule has 43 heavy (non-hydrogen) atoms. The first-order chi connectivity index (χ1) is 20.2. The fraction of sp³-hybridized carbons (Fsp3) is 0.875. The number of hydrogen-bond acceptors (Lipinski definition) is 7. The number of carbonyl (C=O) groups excluding carboxylic acids is 3. The van der Waals surface area contributed by atoms with Gasteiger partial charge >= 0.3 is 24.2 Å². The van der Waals surface area contributed by atoms with Gasteiger partial charge in [-0.1, -0.05) is 97.8 Å². The zero-order valence-electron chi connectivity index (χ0n) is 27.9. The van der Waals surface area contributed by atoms with Crippen molar-refractivity contribution in [3.05, 3.63) is 0 Å². The third-order valence-corrected chi connectivity index (χ3v) is 5.59. The van der Waals surface area contributed by atoms with Gasteiger partial charge in [-0.2, -0.15) is 9.59 Å². The number of alkyl carbamates (subject to hydrolysis) is 1. The van der Waals surface area contributed by atoms with Crippen LogP contribution in [0.25, 0.3) is 0 Å². The van der Waals surface area contributed by atoms with E-state index < -0.39 is 17.5 Å². The fourth-order valence-corrected chi connectivity index (χ4v) is 3.63. The highest BCUT2D eigenvalue weighted by molar-refractivity contribution is 6.13. The maximum Gasteiger partial charge on any atom is 0.407 e. The number of carboxylic acid groups (broad SMARTS) is 2. The van der Waals surface area contributed by atoms with Crippen molar-refractivity contribution in [2.24, 2.45) is 5.92 Å². The third-order valence-electron chi connectivity index (χ3n) is 5.40. The first kappa shape index (κ1) is 47.8. The summed E-state index contributed by atoms with van der Waals surface area (Å²) in [5.74, 6) is -0.545. The molecule has 11 heteroatoms. The Morgan fingerprint density at radius 1 is 0.651 bits per heavy atom. The van der Waals surface area contributed by atoms with Gasteiger partial charge in [0.25, 0.3) is 0 Å². The van der Waals surface area contributed by atoms with E-state index in [2.05, 4.69) is 30.9 Å². The van der Waals surface area contributed by atoms with E-state index in [4.69, 9.17) is 36.3 Å². The van der Waals surface area contributed by atoms with E-state index in [9.17, 15) is 14.4 Å². The van der Waals surface area contributed by atoms with Crippen LogP contribution in [-0.4, -0.2) is 53.1 Å². The van der Waals surface area contributed by atoms with Crippen molar-refractivity contribution >= 4 is 36.0 Å². The Hall–Kier alpha value is -2.16. The molecule has 10 nitrogen and oxygen atoms in total. The normalized spacial score (nSPS) is 10.1. The number of carbonyl (C=O) groups is 3. The Balaban J connectivity index is -0.000000300. The smallest absolute Gasteiger partial charge is 0.407 e. The van der Waals surface area contributed by atoms with Crippen LogP contribution in [0.5, 0.6) is 0 Å². The van der Waals surface area contributed by atoms with Crippen LogP contribution in [0.15, 0.2) is 0 Å². The van der Waals surface area contributed by atoms with Crippen LogP contribution in [0.2, 0.25) is 0 Å². The molecule has 0 unspecified atom stereocenters. The second-order valence-electron chi connectivity index (χ2n) is 12.1. The van der Waals surface area contributed by atoms with E-state index in [1.54, 1.807) is 0 Å². The lowest BCUT2D eigenvalue weighted by molar-refractivity contribution is -0.191. The van der Waals surface area contributed by atoms with Gasteiger partial charge in [-0.25, -0.2) is 9.63 Å². The van der Waals surface area contributed by atoms with Crippen molar-refractivity contribution in [2.75, 3.05) is 13.1 Å². The molecule has 0 bridgehead atoms. The topological polar surface area (TPSA) is 159 Å². The summed E-state index contributed by atoms with van der Waals surface area (Å²) in [5.41, 5.74) is -0.440. The number of unbranched alkanes of at least 4 members (excludes halogenated alkanes) is 14. The summed E-state index contributed by atoms with van der Waals surface area (Å²) in [6.07, 6.45) is 18.2. The summed E-state index contributed by atoms with van der Waals surface area (Å²) in [6, 6.07) is 0. The van der Waals surface area contributed by atoms with Gasteiger partial charge in [0, 0.05) is 25.9 Å². The molecule has 0 atom stereocenters. The Morgan fingerprint density at radius 2 is 0.930 bits per heavy atom. The summed E-state index contributed by atoms with van der Waals surface area (Å²) >= 11 is 5.33. The maximum atomic E-state index is 11.4. The zero-order chi connectivity index (χ0) is 33.8. The number of amides is 1. The molecule has 0 rings (SSSR count). The number of carboxylic acids is 2. The van der Waals surface area contributed by atoms with Gasteiger partial charge < -0.3 is 20.3 Å². The standard InChI is InChI=1S/C16H31NO4.C11H22ClNO2.C4H10.CO2/c1-16(2,3)21-15(20)17-13-11-9-7-5-4-6-8-10-12-14(18)19;12-13-10-8-6-4-2-1-3-5-7-9-11(14)15;1-4(2)3;2-1-3/h4-13H2,1-3H3,(H,17,20)(H,18,19);13H,1-10H2,(H,14,15);4H,1-3H3;. The van der Waals surface area contributed by atoms with Gasteiger partial charge in [0.1, 0.15) is 5.60 Å². The predicted octanol–water partition coefficient (Wildman–Crippen LogP) is 8.51. The molecule has 0 aliphatic carbocycles. The van der Waals surface area contributed by atoms with Crippen molar-refractivity contribution < 1.29 is 38.9 Å². The minimum atomic E-state index is -0.701. The van der Waals surface area contributed by atoms with Crippen LogP contribution in [0.1, 0.15) is 157 Å². The highest BCUT2D eigenvalue weighted by Crippen LogP contribution is 2.11. The van der Waals surface area contributed by atoms with E-state index in [0.29, 0.717) is 13.0 Å². The van der Waals surface area contributed by atoms with Crippen molar-refractivity contribution in [1.29, 1.82) is 0 Å². The molecule has 4 N–H and O–H groups in total. The second-order valence-corrected chi connectivity index (χ2v) is 12.3. The summed E-state index contributed by atoms with van der Waals surface area (Å²) in [6.45, 7) is 13.6. The number of rotatable bonds is 22. The van der Waals surface area contributed by atoms with E-state index in [-0.39, 0.29) is 18.7 Å². The lowest BCUT2D eigenvalue weighted by Crippen LogP contribution is -2.32. The van der Waals surface area contributed by atoms with Gasteiger partial charge in [-0.05, 0) is 64.1 Å². The molecule has 0 aliphatic heterocycles. The van der Waals surface area contributed by atoms with Gasteiger partial charge in [-0.15, -0.1) is 0 Å². The van der Waals surface area contributed by atoms with E-state index in [0.717, 1.165) is 70.3 Å². The minimum absolute atomic E-state index is 0.250. The molecule has 1 amide bonds. The summed E-state index contributed by atoms with van der Waals surface area (Å²) < 4.78 is 5.15. The molecule has 0 heterocycles. The Kier molecular flexibility index (Phi) is 42.1. The lowest BCUT2D eigenvalue weighted by atomic mass is 10.1. The monoisotopic (exact) mass is 638 g/mol. The summed E-state index contributed by atoms with van der Waals surface area (Å²) in [7, 11) is 0. The molecule has 0 saturated heterocycles. The van der Waals surface area contributed by atoms with E-state index >= 15 is 0 Å². The Bertz CT molecular complexity index is 661. The maximum absolute atomic E-state index is 11.4. The van der Waals surface area contributed by atoms with Crippen LogP contribution in [0.4, 0.5) is 4.79 Å². The van der Waals surface area contributed by atoms with Crippen LogP contribution < -0.4 is 10.2 Å². The lowest BCUT2D eigenvalue weighted by Gasteiger charge is -2.19. The highest BCUT2D eigenvalue weighted by Gasteiger charge is 2.15. The SMILES string of the molecule is CC(C)(C)OC(=O)NCCCCCCCCCCC(=O)O.CC(C)C.O=C(O)CCCCCCCCCCNCl.O=C=O. The van der Waals surface area contributed by atoms with Gasteiger partial charge in [0.2, 0.25) is 0 Å². The molecule has 256 valence electrons. The number of ether oxygens (including phenoxy) is 1. The van der Waals surface area contributed by atoms with E-state index in [1.165, 1.54) is 44.9 Å². The van der Waals surface area contributed by atoms with Crippen LogP contribution >= 0.6 is 11.8 Å². The summed E-state index contributed by atoms with van der Waals surface area (Å²) in [4.78, 5) is 50.8. The van der Waals surface area contributed by atoms with Gasteiger partial charge in [0.05, 0.1) is 0 Å². The van der Waals surface area contributed by atoms with Crippen molar-refractivity contribution in [3.63, 3.8) is 0 Å². The predicted molar refractivity (Wildman–Crippen MR) is 172 cm³/mol. The number of aliphatic carboxylic acids is 2. The number of halogens is 1. The minimum Gasteiger partial charge on any atom is -0.481 e. The zero-order valence-corrected chi connectivity index (χ0v) is 28.7. The molecule has 0 saturated carbocycles. The van der Waals surface area contributed by atoms with Crippen LogP contribution in [0.3, 0.4) is 0 Å². The molecular weight excluding hydrogens is 576 g/mol. The van der Waals surface area contributed by atoms with Crippen molar-refractivity contribution in [1.82, 2.24) is 10.2 Å². The molecule has 0 fully saturated rings. The summed E-state index contributed by atoms with van der Waals surface area (Å²) in [5, 5.41) is 19.7. The average molecular weight is 639 g/mol. The van der Waals surface area contributed by atoms with E-state index in [1.807, 2.05) is 20.8 Å². The van der Waals surface area contributed by atoms with Crippen molar-refractivity contribution in [3.8, 4) is 0 Å². The highest BCUT2D eigenvalue weighted by atomic mass is 35.5. The Labute approximate surface area is 266 Å². The molecule has 0 spiro atoms. The molecule has 0 aromatic carbocycles. The first-order valence-corrected chi connectivity index (χ1v) is 16.3. The molecule has 0 aromatic rings. The quantitative estimate of drug-likeness (QED) is 0.0673. The number of nitrogens with one attached hydrogen (secondary N) is 2. The second kappa shape index (κ2) is 37.9. The van der Waals surface area contributed by atoms with Gasteiger partial charge in [0.15, 0.2) is 0 Å². The van der Waals surface area contributed by atoms with Crippen molar-refractivity contribution in [2.45, 2.75) is 163 Å². The van der Waals surface area contributed by atoms with Crippen LogP contribution in [0, 0.1) is 5.92 Å². The molecule has 0 aromatic heterocycles. The molecule has 0 radical (unpaired) electrons. The van der Waals surface area contributed by atoms with Gasteiger partial charge in [-0.3, -0.25) is 9.59 Å². The number of hydrogen-bond donors (Lipinski definition) is 4. The Morgan fingerprint density at radius 3 is 1.21 bits per heavy atom.